The van der Waals surface area contributed by atoms with E-state index in [1.807, 2.05) is 0 Å². The Bertz CT molecular complexity index is 3140. The summed E-state index contributed by atoms with van der Waals surface area (Å²) >= 11 is 0. The molecule has 0 aliphatic rings. The average molecular weight is 699 g/mol. The zero-order chi connectivity index (χ0) is 39.5. The third kappa shape index (κ3) is 5.10. The van der Waals surface area contributed by atoms with Gasteiger partial charge in [0.15, 0.2) is 0 Å². The lowest BCUT2D eigenvalue weighted by Crippen LogP contribution is -2.51. The maximum atomic E-state index is 2.49. The van der Waals surface area contributed by atoms with Gasteiger partial charge in [0.1, 0.15) is 94.2 Å². The minimum atomic E-state index is 1.28. The van der Waals surface area contributed by atoms with Gasteiger partial charge in [-0.3, -0.25) is 0 Å². The SMILES string of the molecule is Bc1c(B)c(-c2ccc3ccccc3c2)c(B)c(-c2c3c(B)c(B)c(B)c(B)c3c(-c3cc4ccccc4c4ccccc34)c3c(B)c(B)c(B)c(B)c23)c1B. The minimum Gasteiger partial charge on any atom is -0.101 e. The molecule has 0 aromatic heterocycles. The summed E-state index contributed by atoms with van der Waals surface area (Å²) in [6, 6.07) is 36.3. The summed E-state index contributed by atoms with van der Waals surface area (Å²) in [4.78, 5) is 0. The summed E-state index contributed by atoms with van der Waals surface area (Å²) in [5.41, 5.74) is 24.7. The monoisotopic (exact) mass is 700 g/mol. The summed E-state index contributed by atoms with van der Waals surface area (Å²) in [5, 5.41) is 13.3. The molecule has 0 nitrogen and oxygen atoms in total. The lowest BCUT2D eigenvalue weighted by molar-refractivity contribution is 1.72. The van der Waals surface area contributed by atoms with Crippen molar-refractivity contribution in [3.63, 3.8) is 0 Å². The zero-order valence-corrected chi connectivity index (χ0v) is 35.2. The molecule has 0 N–H and O–H groups in total. The molecule has 0 radical (unpaired) electrons. The summed E-state index contributed by atoms with van der Waals surface area (Å²) in [6.45, 7) is 0. The molecule has 0 aliphatic heterocycles. The van der Waals surface area contributed by atoms with Crippen molar-refractivity contribution in [2.24, 2.45) is 0 Å². The smallest absolute Gasteiger partial charge is 0.101 e. The molecule has 0 amide bonds. The van der Waals surface area contributed by atoms with Crippen LogP contribution < -0.4 is 65.6 Å². The topological polar surface area (TPSA) is 0 Å². The van der Waals surface area contributed by atoms with Crippen molar-refractivity contribution < 1.29 is 0 Å². The number of hydrogen-bond donors (Lipinski definition) is 0. The standard InChI is InChI=1S/C44H40B12/c45-33-25(20-14-13-17-7-1-2-8-18(17)15-20)34(46)40(52)39(51)32(33)27-30-28(35(47)41(53)43(55)37(30)49)26(29-31(27)38(50)44(56)42(54)36(29)48)24-16-19-9-3-4-10-21(19)22-11-5-6-12-23(22)24/h1-16H,45-56H2. The zero-order valence-electron chi connectivity index (χ0n) is 35.2. The van der Waals surface area contributed by atoms with Crippen molar-refractivity contribution in [3.8, 4) is 33.4 Å². The third-order valence-electron chi connectivity index (χ3n) is 14.3. The summed E-state index contributed by atoms with van der Waals surface area (Å²) in [6.07, 6.45) is 0. The van der Waals surface area contributed by atoms with E-state index < -0.39 is 0 Å². The first-order chi connectivity index (χ1) is 26.8. The fraction of sp³-hybridized carbons (Fsp3) is 0. The van der Waals surface area contributed by atoms with Crippen LogP contribution in [0.3, 0.4) is 0 Å². The van der Waals surface area contributed by atoms with Crippen LogP contribution in [0.1, 0.15) is 0 Å². The molecule has 56 heavy (non-hydrogen) atoms. The molecule has 12 heteroatoms. The number of rotatable bonds is 3. The van der Waals surface area contributed by atoms with Gasteiger partial charge in [-0.15, -0.1) is 27.3 Å². The Labute approximate surface area is 342 Å². The van der Waals surface area contributed by atoms with Crippen LogP contribution in [0.25, 0.3) is 87.2 Å². The molecule has 252 valence electrons. The molecule has 0 bridgehead atoms. The van der Waals surface area contributed by atoms with E-state index in [1.165, 1.54) is 153 Å². The molecular weight excluding hydrogens is 658 g/mol. The van der Waals surface area contributed by atoms with Crippen LogP contribution in [0.4, 0.5) is 0 Å². The molecule has 0 unspecified atom stereocenters. The van der Waals surface area contributed by atoms with E-state index in [0.717, 1.165) is 0 Å². The first-order valence-corrected chi connectivity index (χ1v) is 20.3. The van der Waals surface area contributed by atoms with Crippen LogP contribution in [-0.4, -0.2) is 94.2 Å². The van der Waals surface area contributed by atoms with Gasteiger partial charge >= 0.3 is 0 Å². The fourth-order valence-electron chi connectivity index (χ4n) is 10.4. The summed E-state index contributed by atoms with van der Waals surface area (Å²) in [5.74, 6) is 0. The molecule has 0 saturated heterocycles. The van der Waals surface area contributed by atoms with Crippen LogP contribution in [0.2, 0.25) is 0 Å². The van der Waals surface area contributed by atoms with Crippen LogP contribution in [0, 0.1) is 0 Å². The van der Waals surface area contributed by atoms with Crippen LogP contribution in [0.5, 0.6) is 0 Å². The Morgan fingerprint density at radius 2 is 0.679 bits per heavy atom. The van der Waals surface area contributed by atoms with E-state index in [9.17, 15) is 0 Å². The van der Waals surface area contributed by atoms with Gasteiger partial charge in [-0.1, -0.05) is 123 Å². The van der Waals surface area contributed by atoms with Gasteiger partial charge in [0, 0.05) is 0 Å². The van der Waals surface area contributed by atoms with E-state index in [4.69, 9.17) is 0 Å². The predicted octanol–water partition coefficient (Wildman–Crippen LogP) is -8.45. The van der Waals surface area contributed by atoms with Crippen molar-refractivity contribution in [1.29, 1.82) is 0 Å². The molecule has 9 rings (SSSR count). The second-order valence-corrected chi connectivity index (χ2v) is 16.8. The van der Waals surface area contributed by atoms with Gasteiger partial charge in [0.25, 0.3) is 0 Å². The molecule has 0 heterocycles. The summed E-state index contributed by atoms with van der Waals surface area (Å²) in [7, 11) is 28.4. The Morgan fingerprint density at radius 1 is 0.250 bits per heavy atom. The lowest BCUT2D eigenvalue weighted by atomic mass is 9.57. The highest BCUT2D eigenvalue weighted by Gasteiger charge is 2.28. The maximum absolute atomic E-state index is 2.49. The van der Waals surface area contributed by atoms with Crippen molar-refractivity contribution in [3.05, 3.63) is 97.1 Å². The van der Waals surface area contributed by atoms with Gasteiger partial charge < -0.3 is 0 Å². The first kappa shape index (κ1) is 36.7. The van der Waals surface area contributed by atoms with Crippen LogP contribution >= 0.6 is 0 Å². The molecular formula is C44H40B12. The molecule has 0 aliphatic carbocycles. The molecule has 0 spiro atoms. The van der Waals surface area contributed by atoms with Gasteiger partial charge in [0.2, 0.25) is 0 Å². The highest BCUT2D eigenvalue weighted by atomic mass is 14.3. The van der Waals surface area contributed by atoms with E-state index in [-0.39, 0.29) is 0 Å². The Morgan fingerprint density at radius 3 is 1.25 bits per heavy atom. The molecule has 9 aromatic rings. The minimum absolute atomic E-state index is 1.28. The molecule has 0 fully saturated rings. The maximum Gasteiger partial charge on any atom is 0.140 e. The van der Waals surface area contributed by atoms with Gasteiger partial charge in [-0.25, -0.2) is 0 Å². The highest BCUT2D eigenvalue weighted by Crippen LogP contribution is 2.44. The van der Waals surface area contributed by atoms with Crippen molar-refractivity contribution in [2.45, 2.75) is 0 Å². The van der Waals surface area contributed by atoms with Crippen LogP contribution in [0.15, 0.2) is 97.1 Å². The average Bonchev–Trinajstić information content (AvgIpc) is 3.21. The number of hydrogen-bond acceptors (Lipinski definition) is 0. The Hall–Kier alpha value is -4.94. The van der Waals surface area contributed by atoms with E-state index in [2.05, 4.69) is 191 Å². The second kappa shape index (κ2) is 13.3. The van der Waals surface area contributed by atoms with Gasteiger partial charge in [0.05, 0.1) is 0 Å². The van der Waals surface area contributed by atoms with E-state index in [1.54, 1.807) is 0 Å². The normalized spacial score (nSPS) is 11.7. The molecule has 0 saturated carbocycles. The number of benzene rings is 9. The number of fused-ring (bicyclic) bond motifs is 6. The largest absolute Gasteiger partial charge is 0.140 e. The van der Waals surface area contributed by atoms with Crippen molar-refractivity contribution >= 4 is 214 Å². The third-order valence-corrected chi connectivity index (χ3v) is 14.3. The summed E-state index contributed by atoms with van der Waals surface area (Å²) < 4.78 is 0. The fourth-order valence-corrected chi connectivity index (χ4v) is 10.4. The Balaban J connectivity index is 1.58. The quantitative estimate of drug-likeness (QED) is 0.0979. The van der Waals surface area contributed by atoms with Crippen molar-refractivity contribution in [1.82, 2.24) is 0 Å². The highest BCUT2D eigenvalue weighted by molar-refractivity contribution is 6.72. The molecule has 9 aromatic carbocycles. The Kier molecular flexibility index (Phi) is 8.73. The van der Waals surface area contributed by atoms with Crippen molar-refractivity contribution in [2.75, 3.05) is 0 Å². The van der Waals surface area contributed by atoms with Gasteiger partial charge in [-0.05, 0) is 99.4 Å². The predicted molar refractivity (Wildman–Crippen MR) is 288 cm³/mol. The second-order valence-electron chi connectivity index (χ2n) is 16.8. The van der Waals surface area contributed by atoms with Gasteiger partial charge in [-0.2, -0.15) is 0 Å². The first-order valence-electron chi connectivity index (χ1n) is 20.3. The van der Waals surface area contributed by atoms with Crippen LogP contribution in [-0.2, 0) is 0 Å². The van der Waals surface area contributed by atoms with E-state index in [0.29, 0.717) is 0 Å². The molecule has 0 atom stereocenters. The van der Waals surface area contributed by atoms with E-state index >= 15 is 0 Å². The lowest BCUT2D eigenvalue weighted by Gasteiger charge is -2.31.